The van der Waals surface area contributed by atoms with Crippen LogP contribution in [0.25, 0.3) is 0 Å². The maximum absolute atomic E-state index is 2.43. The first-order chi connectivity index (χ1) is 5.93. The highest BCUT2D eigenvalue weighted by Gasteiger charge is 2.21. The summed E-state index contributed by atoms with van der Waals surface area (Å²) in [5, 5.41) is 0. The van der Waals surface area contributed by atoms with E-state index in [1.807, 2.05) is 0 Å². The smallest absolute Gasteiger partial charge is 0.00688 e. The molecular weight excluding hydrogens is 158 g/mol. The van der Waals surface area contributed by atoms with Crippen molar-refractivity contribution in [3.05, 3.63) is 0 Å². The predicted octanol–water partition coefficient (Wildman–Crippen LogP) is 3.54. The number of nitrogens with zero attached hydrogens (tertiary/aromatic N) is 1. The average Bonchev–Trinajstić information content (AvgIpc) is 2.01. The molecule has 1 heteroatoms. The second-order valence-electron chi connectivity index (χ2n) is 5.04. The molecule has 80 valence electrons. The number of hydrogen-bond acceptors (Lipinski definition) is 1. The Morgan fingerprint density at radius 1 is 1.23 bits per heavy atom. The van der Waals surface area contributed by atoms with Gasteiger partial charge in [0.15, 0.2) is 0 Å². The SMILES string of the molecule is CCCC(C)(C)CC(C)N(C)CC. The van der Waals surface area contributed by atoms with Gasteiger partial charge in [0.2, 0.25) is 0 Å². The van der Waals surface area contributed by atoms with Crippen LogP contribution in [-0.2, 0) is 0 Å². The highest BCUT2D eigenvalue weighted by molar-refractivity contribution is 4.75. The minimum absolute atomic E-state index is 0.512. The van der Waals surface area contributed by atoms with Gasteiger partial charge in [-0.2, -0.15) is 0 Å². The fourth-order valence-corrected chi connectivity index (χ4v) is 2.05. The van der Waals surface area contributed by atoms with Crippen LogP contribution >= 0.6 is 0 Å². The molecule has 0 amide bonds. The highest BCUT2D eigenvalue weighted by atomic mass is 15.1. The van der Waals surface area contributed by atoms with Crippen LogP contribution in [0.2, 0.25) is 0 Å². The summed E-state index contributed by atoms with van der Waals surface area (Å²) in [6.45, 7) is 12.8. The molecule has 1 unspecified atom stereocenters. The summed E-state index contributed by atoms with van der Waals surface area (Å²) >= 11 is 0. The van der Waals surface area contributed by atoms with Crippen molar-refractivity contribution in [3.8, 4) is 0 Å². The van der Waals surface area contributed by atoms with E-state index in [0.717, 1.165) is 6.54 Å². The van der Waals surface area contributed by atoms with Crippen molar-refractivity contribution in [2.45, 2.75) is 59.9 Å². The monoisotopic (exact) mass is 185 g/mol. The van der Waals surface area contributed by atoms with E-state index in [-0.39, 0.29) is 0 Å². The van der Waals surface area contributed by atoms with Crippen molar-refractivity contribution in [2.24, 2.45) is 5.41 Å². The van der Waals surface area contributed by atoms with Gasteiger partial charge in [0.1, 0.15) is 0 Å². The molecule has 0 N–H and O–H groups in total. The average molecular weight is 185 g/mol. The van der Waals surface area contributed by atoms with E-state index in [9.17, 15) is 0 Å². The molecule has 0 fully saturated rings. The molecule has 0 saturated carbocycles. The van der Waals surface area contributed by atoms with E-state index in [1.165, 1.54) is 19.3 Å². The molecule has 0 saturated heterocycles. The first kappa shape index (κ1) is 13.0. The normalized spacial score (nSPS) is 15.0. The molecule has 1 atom stereocenters. The summed E-state index contributed by atoms with van der Waals surface area (Å²) in [4.78, 5) is 2.43. The molecule has 0 aliphatic heterocycles. The van der Waals surface area contributed by atoms with Gasteiger partial charge in [0, 0.05) is 6.04 Å². The number of hydrogen-bond donors (Lipinski definition) is 0. The maximum Gasteiger partial charge on any atom is 0.00688 e. The zero-order valence-corrected chi connectivity index (χ0v) is 10.4. The van der Waals surface area contributed by atoms with Crippen molar-refractivity contribution in [1.82, 2.24) is 4.90 Å². The predicted molar refractivity (Wildman–Crippen MR) is 61.1 cm³/mol. The van der Waals surface area contributed by atoms with E-state index >= 15 is 0 Å². The van der Waals surface area contributed by atoms with E-state index in [1.54, 1.807) is 0 Å². The van der Waals surface area contributed by atoms with Gasteiger partial charge in [0.05, 0.1) is 0 Å². The van der Waals surface area contributed by atoms with Crippen LogP contribution in [0.3, 0.4) is 0 Å². The lowest BCUT2D eigenvalue weighted by Gasteiger charge is -2.32. The summed E-state index contributed by atoms with van der Waals surface area (Å²) in [5.74, 6) is 0. The van der Waals surface area contributed by atoms with E-state index in [4.69, 9.17) is 0 Å². The Bertz CT molecular complexity index is 129. The van der Waals surface area contributed by atoms with Gasteiger partial charge in [-0.25, -0.2) is 0 Å². The Morgan fingerprint density at radius 2 is 1.77 bits per heavy atom. The van der Waals surface area contributed by atoms with Crippen LogP contribution < -0.4 is 0 Å². The standard InChI is InChI=1S/C12H27N/c1-7-9-12(4,5)10-11(3)13(6)8-2/h11H,7-10H2,1-6H3. The Hall–Kier alpha value is -0.0400. The second-order valence-corrected chi connectivity index (χ2v) is 5.04. The molecule has 0 aromatic rings. The van der Waals surface area contributed by atoms with Gasteiger partial charge in [-0.05, 0) is 38.8 Å². The van der Waals surface area contributed by atoms with Gasteiger partial charge < -0.3 is 4.90 Å². The van der Waals surface area contributed by atoms with Crippen LogP contribution in [0, 0.1) is 5.41 Å². The molecule has 0 radical (unpaired) electrons. The molecular formula is C12H27N. The lowest BCUT2D eigenvalue weighted by atomic mass is 9.82. The van der Waals surface area contributed by atoms with Gasteiger partial charge >= 0.3 is 0 Å². The second kappa shape index (κ2) is 5.64. The number of rotatable bonds is 6. The molecule has 0 aromatic carbocycles. The summed E-state index contributed by atoms with van der Waals surface area (Å²) < 4.78 is 0. The summed E-state index contributed by atoms with van der Waals surface area (Å²) in [6.07, 6.45) is 3.95. The Labute approximate surface area is 84.5 Å². The lowest BCUT2D eigenvalue weighted by Crippen LogP contribution is -2.33. The molecule has 0 rings (SSSR count). The Kier molecular flexibility index (Phi) is 5.62. The molecule has 0 aliphatic carbocycles. The zero-order valence-electron chi connectivity index (χ0n) is 10.4. The van der Waals surface area contributed by atoms with Crippen molar-refractivity contribution >= 4 is 0 Å². The van der Waals surface area contributed by atoms with Crippen LogP contribution in [0.4, 0.5) is 0 Å². The fraction of sp³-hybridized carbons (Fsp3) is 1.00. The minimum atomic E-state index is 0.512. The topological polar surface area (TPSA) is 3.24 Å². The van der Waals surface area contributed by atoms with E-state index in [0.29, 0.717) is 11.5 Å². The van der Waals surface area contributed by atoms with Gasteiger partial charge in [-0.15, -0.1) is 0 Å². The molecule has 0 aromatic heterocycles. The summed E-state index contributed by atoms with van der Waals surface area (Å²) in [6, 6.07) is 0.714. The van der Waals surface area contributed by atoms with Gasteiger partial charge in [-0.3, -0.25) is 0 Å². The first-order valence-electron chi connectivity index (χ1n) is 5.63. The van der Waals surface area contributed by atoms with Crippen molar-refractivity contribution in [1.29, 1.82) is 0 Å². The largest absolute Gasteiger partial charge is 0.304 e. The molecule has 13 heavy (non-hydrogen) atoms. The van der Waals surface area contributed by atoms with Crippen LogP contribution in [-0.4, -0.2) is 24.5 Å². The third kappa shape index (κ3) is 5.30. The molecule has 0 aliphatic rings. The van der Waals surface area contributed by atoms with Gasteiger partial charge in [-0.1, -0.05) is 34.1 Å². The lowest BCUT2D eigenvalue weighted by molar-refractivity contribution is 0.179. The summed E-state index contributed by atoms with van der Waals surface area (Å²) in [7, 11) is 2.21. The fourth-order valence-electron chi connectivity index (χ4n) is 2.05. The van der Waals surface area contributed by atoms with E-state index in [2.05, 4.69) is 46.6 Å². The third-order valence-corrected chi connectivity index (χ3v) is 3.03. The quantitative estimate of drug-likeness (QED) is 0.612. The van der Waals surface area contributed by atoms with Crippen molar-refractivity contribution in [2.75, 3.05) is 13.6 Å². The third-order valence-electron chi connectivity index (χ3n) is 3.03. The zero-order chi connectivity index (χ0) is 10.5. The van der Waals surface area contributed by atoms with Crippen molar-refractivity contribution in [3.63, 3.8) is 0 Å². The highest BCUT2D eigenvalue weighted by Crippen LogP contribution is 2.29. The van der Waals surface area contributed by atoms with Gasteiger partial charge in [0.25, 0.3) is 0 Å². The molecule has 0 heterocycles. The summed E-state index contributed by atoms with van der Waals surface area (Å²) in [5.41, 5.74) is 0.512. The minimum Gasteiger partial charge on any atom is -0.304 e. The Morgan fingerprint density at radius 3 is 2.15 bits per heavy atom. The first-order valence-corrected chi connectivity index (χ1v) is 5.63. The van der Waals surface area contributed by atoms with Crippen LogP contribution in [0.15, 0.2) is 0 Å². The van der Waals surface area contributed by atoms with Crippen LogP contribution in [0.5, 0.6) is 0 Å². The molecule has 0 bridgehead atoms. The van der Waals surface area contributed by atoms with Crippen molar-refractivity contribution < 1.29 is 0 Å². The Balaban J connectivity index is 3.94. The van der Waals surface area contributed by atoms with E-state index < -0.39 is 0 Å². The molecule has 0 spiro atoms. The van der Waals surface area contributed by atoms with Crippen LogP contribution in [0.1, 0.15) is 53.9 Å². The molecule has 1 nitrogen and oxygen atoms in total. The maximum atomic E-state index is 2.43.